The fourth-order valence-electron chi connectivity index (χ4n) is 2.18. The first kappa shape index (κ1) is 18.7. The Bertz CT molecular complexity index is 855. The molecule has 0 saturated carbocycles. The average molecular weight is 366 g/mol. The average Bonchev–Trinajstić information content (AvgIpc) is 2.54. The van der Waals surface area contributed by atoms with Crippen molar-refractivity contribution in [2.45, 2.75) is 6.92 Å². The third-order valence-corrected chi connectivity index (χ3v) is 4.87. The number of rotatable bonds is 7. The maximum Gasteiger partial charge on any atom is 0.233 e. The van der Waals surface area contributed by atoms with Crippen molar-refractivity contribution in [3.63, 3.8) is 0 Å². The van der Waals surface area contributed by atoms with Crippen LogP contribution in [0.4, 0.5) is 15.8 Å². The summed E-state index contributed by atoms with van der Waals surface area (Å²) < 4.78 is 44.9. The molecule has 0 aliphatic heterocycles. The first-order chi connectivity index (χ1) is 11.8. The van der Waals surface area contributed by atoms with E-state index in [1.165, 1.54) is 32.2 Å². The highest BCUT2D eigenvalue weighted by molar-refractivity contribution is 7.92. The number of sulfonamides is 1. The first-order valence-electron chi connectivity index (χ1n) is 7.50. The number of anilines is 2. The van der Waals surface area contributed by atoms with Crippen molar-refractivity contribution in [3.8, 4) is 5.75 Å². The van der Waals surface area contributed by atoms with Gasteiger partial charge in [0.15, 0.2) is 0 Å². The molecule has 2 aromatic carbocycles. The van der Waals surface area contributed by atoms with Gasteiger partial charge >= 0.3 is 0 Å². The molecule has 0 fully saturated rings. The Balaban J connectivity index is 2.02. The first-order valence-corrected chi connectivity index (χ1v) is 9.16. The standard InChI is InChI=1S/C17H19FN2O4S/c1-12(17(21)19-15-8-3-4-9-16(15)24-2)11-25(22,23)20-14-7-5-6-13(18)10-14/h3-10,12,20H,11H2,1-2H3,(H,19,21). The number of ether oxygens (including phenoxy) is 1. The van der Waals surface area contributed by atoms with Crippen molar-refractivity contribution < 1.29 is 22.3 Å². The molecule has 2 N–H and O–H groups in total. The van der Waals surface area contributed by atoms with E-state index in [0.29, 0.717) is 11.4 Å². The maximum absolute atomic E-state index is 13.1. The molecule has 1 atom stereocenters. The van der Waals surface area contributed by atoms with Gasteiger partial charge < -0.3 is 10.1 Å². The molecule has 0 bridgehead atoms. The molecule has 0 radical (unpaired) electrons. The molecule has 0 spiro atoms. The molecule has 25 heavy (non-hydrogen) atoms. The van der Waals surface area contributed by atoms with Gasteiger partial charge in [0.25, 0.3) is 0 Å². The van der Waals surface area contributed by atoms with Crippen LogP contribution in [0.25, 0.3) is 0 Å². The smallest absolute Gasteiger partial charge is 0.233 e. The molecular formula is C17H19FN2O4S. The van der Waals surface area contributed by atoms with E-state index in [1.54, 1.807) is 24.3 Å². The lowest BCUT2D eigenvalue weighted by Gasteiger charge is -2.15. The maximum atomic E-state index is 13.1. The minimum atomic E-state index is -3.81. The summed E-state index contributed by atoms with van der Waals surface area (Å²) in [6.07, 6.45) is 0. The van der Waals surface area contributed by atoms with Crippen molar-refractivity contribution in [2.24, 2.45) is 5.92 Å². The molecule has 0 aliphatic rings. The lowest BCUT2D eigenvalue weighted by atomic mass is 10.2. The van der Waals surface area contributed by atoms with Gasteiger partial charge in [-0.25, -0.2) is 12.8 Å². The molecule has 134 valence electrons. The van der Waals surface area contributed by atoms with Gasteiger partial charge in [0.05, 0.1) is 30.2 Å². The predicted octanol–water partition coefficient (Wildman–Crippen LogP) is 2.85. The van der Waals surface area contributed by atoms with Crippen molar-refractivity contribution in [3.05, 3.63) is 54.3 Å². The summed E-state index contributed by atoms with van der Waals surface area (Å²) in [4.78, 5) is 12.2. The molecular weight excluding hydrogens is 347 g/mol. The Morgan fingerprint density at radius 2 is 1.92 bits per heavy atom. The second kappa shape index (κ2) is 7.98. The van der Waals surface area contributed by atoms with E-state index < -0.39 is 33.4 Å². The van der Waals surface area contributed by atoms with Crippen molar-refractivity contribution in [2.75, 3.05) is 22.9 Å². The van der Waals surface area contributed by atoms with Crippen LogP contribution in [0.5, 0.6) is 5.75 Å². The summed E-state index contributed by atoms with van der Waals surface area (Å²) >= 11 is 0. The van der Waals surface area contributed by atoms with E-state index in [-0.39, 0.29) is 5.69 Å². The van der Waals surface area contributed by atoms with Gasteiger partial charge in [-0.05, 0) is 30.3 Å². The molecule has 1 unspecified atom stereocenters. The largest absolute Gasteiger partial charge is 0.495 e. The number of hydrogen-bond donors (Lipinski definition) is 2. The van der Waals surface area contributed by atoms with Crippen molar-refractivity contribution in [1.29, 1.82) is 0 Å². The predicted molar refractivity (Wildman–Crippen MR) is 94.6 cm³/mol. The Labute approximate surface area is 146 Å². The number of carbonyl (C=O) groups excluding carboxylic acids is 1. The highest BCUT2D eigenvalue weighted by Gasteiger charge is 2.22. The van der Waals surface area contributed by atoms with Crippen LogP contribution in [-0.4, -0.2) is 27.2 Å². The summed E-state index contributed by atoms with van der Waals surface area (Å²) in [5, 5.41) is 2.64. The zero-order valence-corrected chi connectivity index (χ0v) is 14.6. The highest BCUT2D eigenvalue weighted by atomic mass is 32.2. The quantitative estimate of drug-likeness (QED) is 0.789. The summed E-state index contributed by atoms with van der Waals surface area (Å²) in [6, 6.07) is 11.9. The zero-order chi connectivity index (χ0) is 18.4. The number of halogens is 1. The Morgan fingerprint density at radius 3 is 2.60 bits per heavy atom. The highest BCUT2D eigenvalue weighted by Crippen LogP contribution is 2.23. The molecule has 6 nitrogen and oxygen atoms in total. The van der Waals surface area contributed by atoms with Crippen LogP contribution in [0.1, 0.15) is 6.92 Å². The van der Waals surface area contributed by atoms with E-state index in [9.17, 15) is 17.6 Å². The molecule has 0 aliphatic carbocycles. The lowest BCUT2D eigenvalue weighted by molar-refractivity contribution is -0.118. The van der Waals surface area contributed by atoms with Crippen LogP contribution in [0, 0.1) is 11.7 Å². The van der Waals surface area contributed by atoms with E-state index in [2.05, 4.69) is 10.0 Å². The number of methoxy groups -OCH3 is 1. The zero-order valence-electron chi connectivity index (χ0n) is 13.8. The number of carbonyl (C=O) groups is 1. The third-order valence-electron chi connectivity index (χ3n) is 3.38. The van der Waals surface area contributed by atoms with E-state index >= 15 is 0 Å². The fourth-order valence-corrected chi connectivity index (χ4v) is 3.56. The van der Waals surface area contributed by atoms with Crippen LogP contribution < -0.4 is 14.8 Å². The van der Waals surface area contributed by atoms with Crippen LogP contribution >= 0.6 is 0 Å². The lowest BCUT2D eigenvalue weighted by Crippen LogP contribution is -2.30. The molecule has 2 aromatic rings. The second-order valence-electron chi connectivity index (χ2n) is 5.48. The molecule has 0 heterocycles. The number of nitrogens with one attached hydrogen (secondary N) is 2. The van der Waals surface area contributed by atoms with E-state index in [0.717, 1.165) is 6.07 Å². The van der Waals surface area contributed by atoms with Crippen LogP contribution in [0.3, 0.4) is 0 Å². The second-order valence-corrected chi connectivity index (χ2v) is 7.25. The van der Waals surface area contributed by atoms with Gasteiger partial charge in [0.1, 0.15) is 11.6 Å². The van der Waals surface area contributed by atoms with Gasteiger partial charge in [0, 0.05) is 0 Å². The van der Waals surface area contributed by atoms with Gasteiger partial charge in [0.2, 0.25) is 15.9 Å². The molecule has 0 saturated heterocycles. The minimum Gasteiger partial charge on any atom is -0.495 e. The summed E-state index contributed by atoms with van der Waals surface area (Å²) in [6.45, 7) is 1.50. The Kier molecular flexibility index (Phi) is 5.97. The number of benzene rings is 2. The Morgan fingerprint density at radius 1 is 1.20 bits per heavy atom. The van der Waals surface area contributed by atoms with Crippen molar-refractivity contribution in [1.82, 2.24) is 0 Å². The normalized spacial score (nSPS) is 12.3. The van der Waals surface area contributed by atoms with Crippen LogP contribution in [0.2, 0.25) is 0 Å². The fraction of sp³-hybridized carbons (Fsp3) is 0.235. The molecule has 2 rings (SSSR count). The van der Waals surface area contributed by atoms with Crippen LogP contribution in [0.15, 0.2) is 48.5 Å². The molecule has 0 aromatic heterocycles. The molecule has 8 heteroatoms. The number of amides is 1. The van der Waals surface area contributed by atoms with Gasteiger partial charge in [-0.1, -0.05) is 25.1 Å². The monoisotopic (exact) mass is 366 g/mol. The number of hydrogen-bond acceptors (Lipinski definition) is 4. The van der Waals surface area contributed by atoms with E-state index in [4.69, 9.17) is 4.74 Å². The van der Waals surface area contributed by atoms with Gasteiger partial charge in [-0.15, -0.1) is 0 Å². The topological polar surface area (TPSA) is 84.5 Å². The number of para-hydroxylation sites is 2. The van der Waals surface area contributed by atoms with Crippen molar-refractivity contribution >= 4 is 27.3 Å². The Hall–Kier alpha value is -2.61. The van der Waals surface area contributed by atoms with Gasteiger partial charge in [-0.3, -0.25) is 9.52 Å². The van der Waals surface area contributed by atoms with E-state index in [1.807, 2.05) is 0 Å². The molecule has 1 amide bonds. The SMILES string of the molecule is COc1ccccc1NC(=O)C(C)CS(=O)(=O)Nc1cccc(F)c1. The summed E-state index contributed by atoms with van der Waals surface area (Å²) in [5.74, 6) is -1.80. The third kappa shape index (κ3) is 5.46. The van der Waals surface area contributed by atoms with Gasteiger partial charge in [-0.2, -0.15) is 0 Å². The van der Waals surface area contributed by atoms with Crippen LogP contribution in [-0.2, 0) is 14.8 Å². The summed E-state index contributed by atoms with van der Waals surface area (Å²) in [7, 11) is -2.34. The summed E-state index contributed by atoms with van der Waals surface area (Å²) in [5.41, 5.74) is 0.565. The minimum absolute atomic E-state index is 0.109.